The van der Waals surface area contributed by atoms with Crippen LogP contribution in [0.25, 0.3) is 11.3 Å². The SMILES string of the molecule is Cc1cccc(C)c1-c1nocc1NC(=O)OCc1c(F)cccc1Cl. The van der Waals surface area contributed by atoms with E-state index in [1.54, 1.807) is 0 Å². The van der Waals surface area contributed by atoms with Gasteiger partial charge in [-0.2, -0.15) is 0 Å². The van der Waals surface area contributed by atoms with Crippen LogP contribution in [0.1, 0.15) is 16.7 Å². The van der Waals surface area contributed by atoms with Crippen LogP contribution in [0, 0.1) is 19.7 Å². The highest BCUT2D eigenvalue weighted by molar-refractivity contribution is 6.31. The van der Waals surface area contributed by atoms with Gasteiger partial charge < -0.3 is 9.26 Å². The smallest absolute Gasteiger partial charge is 0.412 e. The average Bonchev–Trinajstić information content (AvgIpc) is 3.02. The number of ether oxygens (including phenoxy) is 1. The quantitative estimate of drug-likeness (QED) is 0.654. The van der Waals surface area contributed by atoms with Crippen molar-refractivity contribution < 1.29 is 18.4 Å². The van der Waals surface area contributed by atoms with Gasteiger partial charge in [-0.3, -0.25) is 5.32 Å². The van der Waals surface area contributed by atoms with Crippen molar-refractivity contribution >= 4 is 23.4 Å². The molecule has 1 heterocycles. The highest BCUT2D eigenvalue weighted by Gasteiger charge is 2.18. The summed E-state index contributed by atoms with van der Waals surface area (Å²) in [5.41, 5.74) is 3.84. The van der Waals surface area contributed by atoms with Gasteiger partial charge in [0, 0.05) is 11.1 Å². The lowest BCUT2D eigenvalue weighted by Gasteiger charge is -2.10. The molecular formula is C19H16ClFN2O3. The van der Waals surface area contributed by atoms with Crippen LogP contribution in [0.3, 0.4) is 0 Å². The van der Waals surface area contributed by atoms with E-state index in [0.717, 1.165) is 16.7 Å². The zero-order valence-electron chi connectivity index (χ0n) is 14.2. The largest absolute Gasteiger partial charge is 0.444 e. The zero-order chi connectivity index (χ0) is 18.7. The van der Waals surface area contributed by atoms with Crippen molar-refractivity contribution in [3.05, 3.63) is 70.2 Å². The van der Waals surface area contributed by atoms with E-state index in [2.05, 4.69) is 10.5 Å². The summed E-state index contributed by atoms with van der Waals surface area (Å²) in [6.07, 6.45) is 0.554. The molecule has 0 saturated heterocycles. The first-order valence-electron chi connectivity index (χ1n) is 7.85. The minimum absolute atomic E-state index is 0.115. The van der Waals surface area contributed by atoms with Gasteiger partial charge in [0.1, 0.15) is 30.1 Å². The number of benzene rings is 2. The Morgan fingerprint density at radius 1 is 1.23 bits per heavy atom. The lowest BCUT2D eigenvalue weighted by molar-refractivity contribution is 0.154. The number of aryl methyl sites for hydroxylation is 2. The van der Waals surface area contributed by atoms with E-state index in [1.807, 2.05) is 32.0 Å². The second-order valence-corrected chi connectivity index (χ2v) is 6.15. The summed E-state index contributed by atoms with van der Waals surface area (Å²) < 4.78 is 23.8. The van der Waals surface area contributed by atoms with Crippen LogP contribution in [0.5, 0.6) is 0 Å². The Kier molecular flexibility index (Phi) is 5.23. The third kappa shape index (κ3) is 3.70. The van der Waals surface area contributed by atoms with Gasteiger partial charge in [0.25, 0.3) is 0 Å². The molecule has 0 radical (unpaired) electrons. The maximum Gasteiger partial charge on any atom is 0.412 e. The molecule has 134 valence electrons. The number of anilines is 1. The first kappa shape index (κ1) is 17.9. The number of halogens is 2. The number of carbonyl (C=O) groups is 1. The second-order valence-electron chi connectivity index (χ2n) is 5.74. The molecular weight excluding hydrogens is 359 g/mol. The molecule has 0 atom stereocenters. The van der Waals surface area contributed by atoms with Crippen LogP contribution in [-0.2, 0) is 11.3 Å². The lowest BCUT2D eigenvalue weighted by Crippen LogP contribution is -2.14. The molecule has 0 unspecified atom stereocenters. The van der Waals surface area contributed by atoms with Crippen molar-refractivity contribution in [3.8, 4) is 11.3 Å². The van der Waals surface area contributed by atoms with Crippen molar-refractivity contribution in [2.75, 3.05) is 5.32 Å². The normalized spacial score (nSPS) is 10.6. The molecule has 26 heavy (non-hydrogen) atoms. The Labute approximate surface area is 154 Å². The minimum atomic E-state index is -0.764. The Bertz CT molecular complexity index is 915. The zero-order valence-corrected chi connectivity index (χ0v) is 14.9. The molecule has 2 aromatic carbocycles. The van der Waals surface area contributed by atoms with Crippen molar-refractivity contribution in [1.82, 2.24) is 5.16 Å². The summed E-state index contributed by atoms with van der Waals surface area (Å²) in [7, 11) is 0. The molecule has 0 saturated carbocycles. The molecule has 3 aromatic rings. The Balaban J connectivity index is 1.75. The number of nitrogens with one attached hydrogen (secondary N) is 1. The fourth-order valence-electron chi connectivity index (χ4n) is 2.65. The fourth-order valence-corrected chi connectivity index (χ4v) is 2.87. The highest BCUT2D eigenvalue weighted by atomic mass is 35.5. The molecule has 1 aromatic heterocycles. The molecule has 1 N–H and O–H groups in total. The molecule has 0 aliphatic heterocycles. The molecule has 3 rings (SSSR count). The van der Waals surface area contributed by atoms with Gasteiger partial charge in [0.2, 0.25) is 0 Å². The van der Waals surface area contributed by atoms with Crippen LogP contribution in [0.2, 0.25) is 5.02 Å². The molecule has 5 nitrogen and oxygen atoms in total. The maximum absolute atomic E-state index is 13.7. The summed E-state index contributed by atoms with van der Waals surface area (Å²) >= 11 is 5.92. The summed E-state index contributed by atoms with van der Waals surface area (Å²) in [6.45, 7) is 3.60. The van der Waals surface area contributed by atoms with E-state index in [4.69, 9.17) is 20.9 Å². The number of rotatable bonds is 4. The standard InChI is InChI=1S/C19H16ClFN2O3/c1-11-5-3-6-12(2)17(11)18-16(10-26-23-18)22-19(24)25-9-13-14(20)7-4-8-15(13)21/h3-8,10H,9H2,1-2H3,(H,22,24). The van der Waals surface area contributed by atoms with Gasteiger partial charge in [-0.1, -0.05) is 41.0 Å². The summed E-state index contributed by atoms with van der Waals surface area (Å²) in [5, 5.41) is 6.74. The van der Waals surface area contributed by atoms with E-state index in [1.165, 1.54) is 24.5 Å². The highest BCUT2D eigenvalue weighted by Crippen LogP contribution is 2.32. The number of nitrogens with zero attached hydrogens (tertiary/aromatic N) is 1. The van der Waals surface area contributed by atoms with Gasteiger partial charge >= 0.3 is 6.09 Å². The van der Waals surface area contributed by atoms with Crippen LogP contribution in [-0.4, -0.2) is 11.2 Å². The predicted octanol–water partition coefficient (Wildman–Crippen LogP) is 5.50. The van der Waals surface area contributed by atoms with E-state index >= 15 is 0 Å². The van der Waals surface area contributed by atoms with Crippen LogP contribution < -0.4 is 5.32 Å². The van der Waals surface area contributed by atoms with Crippen LogP contribution >= 0.6 is 11.6 Å². The maximum atomic E-state index is 13.7. The van der Waals surface area contributed by atoms with Crippen molar-refractivity contribution in [2.24, 2.45) is 0 Å². The number of aromatic nitrogens is 1. The topological polar surface area (TPSA) is 64.4 Å². The third-order valence-corrected chi connectivity index (χ3v) is 4.29. The van der Waals surface area contributed by atoms with Crippen molar-refractivity contribution in [2.45, 2.75) is 20.5 Å². The molecule has 0 spiro atoms. The van der Waals surface area contributed by atoms with Gasteiger partial charge in [0.05, 0.1) is 5.02 Å². The Morgan fingerprint density at radius 3 is 2.62 bits per heavy atom. The predicted molar refractivity (Wildman–Crippen MR) is 96.6 cm³/mol. The van der Waals surface area contributed by atoms with Crippen molar-refractivity contribution in [3.63, 3.8) is 0 Å². The number of carbonyl (C=O) groups excluding carboxylic acids is 1. The van der Waals surface area contributed by atoms with E-state index in [0.29, 0.717) is 11.4 Å². The fraction of sp³-hybridized carbons (Fsp3) is 0.158. The minimum Gasteiger partial charge on any atom is -0.444 e. The summed E-state index contributed by atoms with van der Waals surface area (Å²) in [6, 6.07) is 10.1. The first-order chi connectivity index (χ1) is 12.5. The molecule has 0 fully saturated rings. The van der Waals surface area contributed by atoms with E-state index in [-0.39, 0.29) is 17.2 Å². The van der Waals surface area contributed by atoms with Gasteiger partial charge in [0.15, 0.2) is 0 Å². The summed E-state index contributed by atoms with van der Waals surface area (Å²) in [5.74, 6) is -0.536. The first-order valence-corrected chi connectivity index (χ1v) is 8.22. The van der Waals surface area contributed by atoms with E-state index in [9.17, 15) is 9.18 Å². The monoisotopic (exact) mass is 374 g/mol. The Morgan fingerprint density at radius 2 is 1.92 bits per heavy atom. The number of hydrogen-bond acceptors (Lipinski definition) is 4. The van der Waals surface area contributed by atoms with E-state index < -0.39 is 11.9 Å². The van der Waals surface area contributed by atoms with Crippen LogP contribution in [0.15, 0.2) is 47.2 Å². The van der Waals surface area contributed by atoms with Crippen LogP contribution in [0.4, 0.5) is 14.9 Å². The Hall–Kier alpha value is -2.86. The van der Waals surface area contributed by atoms with Gasteiger partial charge in [-0.05, 0) is 37.1 Å². The second kappa shape index (κ2) is 7.58. The lowest BCUT2D eigenvalue weighted by atomic mass is 9.99. The van der Waals surface area contributed by atoms with Gasteiger partial charge in [-0.25, -0.2) is 9.18 Å². The third-order valence-electron chi connectivity index (χ3n) is 3.93. The molecule has 0 bridgehead atoms. The van der Waals surface area contributed by atoms with Crippen molar-refractivity contribution in [1.29, 1.82) is 0 Å². The molecule has 1 amide bonds. The summed E-state index contributed by atoms with van der Waals surface area (Å²) in [4.78, 5) is 12.1. The molecule has 7 heteroatoms. The average molecular weight is 375 g/mol. The number of amides is 1. The van der Waals surface area contributed by atoms with Gasteiger partial charge in [-0.15, -0.1) is 0 Å². The number of hydrogen-bond donors (Lipinski definition) is 1. The molecule has 0 aliphatic carbocycles. The molecule has 0 aliphatic rings.